The third kappa shape index (κ3) is 5.98. The summed E-state index contributed by atoms with van der Waals surface area (Å²) in [4.78, 5) is 34.2. The average molecular weight is 321 g/mol. The van der Waals surface area contributed by atoms with Crippen molar-refractivity contribution in [3.05, 3.63) is 28.8 Å². The van der Waals surface area contributed by atoms with E-state index in [4.69, 9.17) is 10.5 Å². The monoisotopic (exact) mass is 321 g/mol. The van der Waals surface area contributed by atoms with Crippen LogP contribution in [0.4, 0.5) is 10.5 Å². The molecule has 23 heavy (non-hydrogen) atoms. The normalized spacial score (nSPS) is 11.5. The molecule has 1 aromatic carbocycles. The standard InChI is InChI=1S/C16H23N3O4/c1-9-7-10(2)14(11(3)8-9)19-15(21)12(4)23-13(20)5-6-18-16(17)22/h7-8,12H,5-6H2,1-4H3,(H,19,21)(H3,17,18,22)/t12-/m1/s1. The highest BCUT2D eigenvalue weighted by Gasteiger charge is 2.19. The fourth-order valence-corrected chi connectivity index (χ4v) is 2.20. The zero-order valence-corrected chi connectivity index (χ0v) is 13.9. The van der Waals surface area contributed by atoms with E-state index in [1.165, 1.54) is 6.92 Å². The van der Waals surface area contributed by atoms with Crippen molar-refractivity contribution in [1.29, 1.82) is 0 Å². The first kappa shape index (κ1) is 18.5. The second-order valence-electron chi connectivity index (χ2n) is 5.44. The molecule has 0 aliphatic carbocycles. The summed E-state index contributed by atoms with van der Waals surface area (Å²) in [5.41, 5.74) is 8.61. The molecule has 0 aromatic heterocycles. The van der Waals surface area contributed by atoms with Gasteiger partial charge in [-0.2, -0.15) is 0 Å². The number of aryl methyl sites for hydroxylation is 3. The van der Waals surface area contributed by atoms with E-state index in [1.807, 2.05) is 32.9 Å². The van der Waals surface area contributed by atoms with E-state index >= 15 is 0 Å². The van der Waals surface area contributed by atoms with Crippen LogP contribution >= 0.6 is 0 Å². The maximum Gasteiger partial charge on any atom is 0.312 e. The largest absolute Gasteiger partial charge is 0.452 e. The van der Waals surface area contributed by atoms with Crippen LogP contribution < -0.4 is 16.4 Å². The average Bonchev–Trinajstić information content (AvgIpc) is 2.41. The van der Waals surface area contributed by atoms with Gasteiger partial charge < -0.3 is 21.1 Å². The van der Waals surface area contributed by atoms with Crippen LogP contribution in [0.3, 0.4) is 0 Å². The molecule has 4 N–H and O–H groups in total. The van der Waals surface area contributed by atoms with E-state index in [0.29, 0.717) is 0 Å². The fraction of sp³-hybridized carbons (Fsp3) is 0.438. The lowest BCUT2D eigenvalue weighted by molar-refractivity contribution is -0.153. The Morgan fingerprint density at radius 2 is 1.74 bits per heavy atom. The Labute approximate surface area is 135 Å². The number of hydrogen-bond donors (Lipinski definition) is 3. The molecule has 0 spiro atoms. The van der Waals surface area contributed by atoms with Crippen molar-refractivity contribution in [2.45, 2.75) is 40.2 Å². The summed E-state index contributed by atoms with van der Waals surface area (Å²) >= 11 is 0. The highest BCUT2D eigenvalue weighted by molar-refractivity contribution is 5.96. The van der Waals surface area contributed by atoms with Crippen molar-refractivity contribution < 1.29 is 19.1 Å². The van der Waals surface area contributed by atoms with Crippen LogP contribution in [0, 0.1) is 20.8 Å². The number of amides is 3. The minimum atomic E-state index is -0.934. The van der Waals surface area contributed by atoms with Crippen LogP contribution in [-0.4, -0.2) is 30.6 Å². The number of hydrogen-bond acceptors (Lipinski definition) is 4. The van der Waals surface area contributed by atoms with Crippen molar-refractivity contribution in [3.8, 4) is 0 Å². The summed E-state index contributed by atoms with van der Waals surface area (Å²) in [6.07, 6.45) is -0.987. The number of carbonyl (C=O) groups excluding carboxylic acids is 3. The van der Waals surface area contributed by atoms with Gasteiger partial charge in [0.2, 0.25) is 0 Å². The number of nitrogens with two attached hydrogens (primary N) is 1. The molecular weight excluding hydrogens is 298 g/mol. The van der Waals surface area contributed by atoms with Gasteiger partial charge in [-0.25, -0.2) is 4.79 Å². The van der Waals surface area contributed by atoms with Crippen LogP contribution in [0.2, 0.25) is 0 Å². The Kier molecular flexibility index (Phi) is 6.56. The molecule has 7 heteroatoms. The van der Waals surface area contributed by atoms with E-state index in [9.17, 15) is 14.4 Å². The van der Waals surface area contributed by atoms with Gasteiger partial charge in [-0.1, -0.05) is 17.7 Å². The summed E-state index contributed by atoms with van der Waals surface area (Å²) in [5, 5.41) is 5.06. The number of nitrogens with one attached hydrogen (secondary N) is 2. The fourth-order valence-electron chi connectivity index (χ4n) is 2.20. The molecule has 3 amide bonds. The lowest BCUT2D eigenvalue weighted by Crippen LogP contribution is -2.34. The minimum absolute atomic E-state index is 0.0524. The van der Waals surface area contributed by atoms with E-state index in [-0.39, 0.29) is 13.0 Å². The van der Waals surface area contributed by atoms with E-state index in [0.717, 1.165) is 22.4 Å². The van der Waals surface area contributed by atoms with Gasteiger partial charge >= 0.3 is 12.0 Å². The molecular formula is C16H23N3O4. The Morgan fingerprint density at radius 1 is 1.17 bits per heavy atom. The molecule has 1 atom stereocenters. The first-order valence-corrected chi connectivity index (χ1v) is 7.32. The quantitative estimate of drug-likeness (QED) is 0.690. The third-order valence-corrected chi connectivity index (χ3v) is 3.23. The molecule has 126 valence electrons. The SMILES string of the molecule is Cc1cc(C)c(NC(=O)[C@@H](C)OC(=O)CCNC(N)=O)c(C)c1. The molecule has 0 fully saturated rings. The summed E-state index contributed by atoms with van der Waals surface area (Å²) in [6.45, 7) is 7.35. The Hall–Kier alpha value is -2.57. The zero-order valence-electron chi connectivity index (χ0n) is 13.9. The molecule has 0 heterocycles. The highest BCUT2D eigenvalue weighted by atomic mass is 16.5. The number of ether oxygens (including phenoxy) is 1. The summed E-state index contributed by atoms with van der Waals surface area (Å²) < 4.78 is 5.03. The first-order chi connectivity index (χ1) is 10.7. The molecule has 0 aliphatic heterocycles. The summed E-state index contributed by atoms with van der Waals surface area (Å²) in [6, 6.07) is 3.22. The van der Waals surface area contributed by atoms with E-state index in [1.54, 1.807) is 0 Å². The molecule has 0 bridgehead atoms. The van der Waals surface area contributed by atoms with Crippen molar-refractivity contribution in [3.63, 3.8) is 0 Å². The number of benzene rings is 1. The number of esters is 1. The van der Waals surface area contributed by atoms with Gasteiger partial charge in [0.1, 0.15) is 0 Å². The predicted molar refractivity (Wildman–Crippen MR) is 87.0 cm³/mol. The van der Waals surface area contributed by atoms with Gasteiger partial charge in [-0.05, 0) is 38.8 Å². The lowest BCUT2D eigenvalue weighted by Gasteiger charge is -2.17. The Bertz CT molecular complexity index is 590. The third-order valence-electron chi connectivity index (χ3n) is 3.23. The molecule has 0 radical (unpaired) electrons. The van der Waals surface area contributed by atoms with Gasteiger partial charge in [0, 0.05) is 12.2 Å². The second kappa shape index (κ2) is 8.17. The topological polar surface area (TPSA) is 111 Å². The highest BCUT2D eigenvalue weighted by Crippen LogP contribution is 2.22. The van der Waals surface area contributed by atoms with Gasteiger partial charge in [0.15, 0.2) is 6.10 Å². The molecule has 1 aromatic rings. The lowest BCUT2D eigenvalue weighted by atomic mass is 10.0. The molecule has 0 aliphatic rings. The maximum absolute atomic E-state index is 12.1. The molecule has 1 rings (SSSR count). The zero-order chi connectivity index (χ0) is 17.6. The molecule has 0 saturated heterocycles. The minimum Gasteiger partial charge on any atom is -0.452 e. The number of rotatable bonds is 6. The van der Waals surface area contributed by atoms with E-state index < -0.39 is 24.0 Å². The number of urea groups is 1. The number of primary amides is 1. The molecule has 0 unspecified atom stereocenters. The Morgan fingerprint density at radius 3 is 2.26 bits per heavy atom. The van der Waals surface area contributed by atoms with Crippen LogP contribution in [0.1, 0.15) is 30.0 Å². The van der Waals surface area contributed by atoms with Crippen LogP contribution in [0.15, 0.2) is 12.1 Å². The van der Waals surface area contributed by atoms with Gasteiger partial charge in [0.25, 0.3) is 5.91 Å². The van der Waals surface area contributed by atoms with E-state index in [2.05, 4.69) is 10.6 Å². The first-order valence-electron chi connectivity index (χ1n) is 7.32. The van der Waals surface area contributed by atoms with Crippen LogP contribution in [-0.2, 0) is 14.3 Å². The van der Waals surface area contributed by atoms with Gasteiger partial charge in [-0.15, -0.1) is 0 Å². The van der Waals surface area contributed by atoms with Crippen LogP contribution in [0.25, 0.3) is 0 Å². The summed E-state index contributed by atoms with van der Waals surface area (Å²) in [7, 11) is 0. The van der Waals surface area contributed by atoms with Gasteiger partial charge in [-0.3, -0.25) is 9.59 Å². The van der Waals surface area contributed by atoms with Crippen molar-refractivity contribution >= 4 is 23.6 Å². The smallest absolute Gasteiger partial charge is 0.312 e. The molecule has 7 nitrogen and oxygen atoms in total. The van der Waals surface area contributed by atoms with Crippen LogP contribution in [0.5, 0.6) is 0 Å². The number of carbonyl (C=O) groups is 3. The summed E-state index contributed by atoms with van der Waals surface area (Å²) in [5.74, 6) is -0.991. The Balaban J connectivity index is 2.58. The predicted octanol–water partition coefficient (Wildman–Crippen LogP) is 1.54. The van der Waals surface area contributed by atoms with Crippen molar-refractivity contribution in [2.24, 2.45) is 5.73 Å². The maximum atomic E-state index is 12.1. The molecule has 0 saturated carbocycles. The van der Waals surface area contributed by atoms with Gasteiger partial charge in [0.05, 0.1) is 6.42 Å². The van der Waals surface area contributed by atoms with Crippen molar-refractivity contribution in [2.75, 3.05) is 11.9 Å². The number of anilines is 1. The van der Waals surface area contributed by atoms with Crippen molar-refractivity contribution in [1.82, 2.24) is 5.32 Å². The second-order valence-corrected chi connectivity index (χ2v) is 5.44.